The number of carbonyl (C=O) groups is 1. The van der Waals surface area contributed by atoms with Crippen LogP contribution in [0.3, 0.4) is 0 Å². The third kappa shape index (κ3) is 3.63. The predicted octanol–water partition coefficient (Wildman–Crippen LogP) is 3.31. The summed E-state index contributed by atoms with van der Waals surface area (Å²) in [6, 6.07) is 7.07. The van der Waals surface area contributed by atoms with Crippen LogP contribution in [-0.2, 0) is 0 Å². The molecule has 0 radical (unpaired) electrons. The first-order chi connectivity index (χ1) is 13.1. The molecule has 3 heterocycles. The Morgan fingerprint density at radius 2 is 2.04 bits per heavy atom. The molecule has 5 nitrogen and oxygen atoms in total. The summed E-state index contributed by atoms with van der Waals surface area (Å²) in [5.41, 5.74) is 1.52. The summed E-state index contributed by atoms with van der Waals surface area (Å²) in [4.78, 5) is 15.3. The van der Waals surface area contributed by atoms with E-state index in [-0.39, 0.29) is 11.7 Å². The van der Waals surface area contributed by atoms with Crippen LogP contribution in [0.1, 0.15) is 48.2 Å². The van der Waals surface area contributed by atoms with Gasteiger partial charge in [0.05, 0.1) is 17.5 Å². The number of aromatic nitrogens is 2. The molecule has 0 unspecified atom stereocenters. The Morgan fingerprint density at radius 3 is 2.89 bits per heavy atom. The second kappa shape index (κ2) is 7.80. The number of halogens is 1. The lowest BCUT2D eigenvalue weighted by atomic mass is 9.83. The Kier molecular flexibility index (Phi) is 5.25. The molecule has 2 aliphatic rings. The van der Waals surface area contributed by atoms with E-state index in [4.69, 9.17) is 0 Å². The quantitative estimate of drug-likeness (QED) is 0.898. The maximum Gasteiger partial charge on any atom is 0.254 e. The fourth-order valence-corrected chi connectivity index (χ4v) is 4.63. The fraction of sp³-hybridized carbons (Fsp3) is 0.524. The SMILES string of the molecule is Cc1c(C(=O)NC[C@H]2CCCN3CCCC[C@H]23)cnn1-c1ccccc1F. The summed E-state index contributed by atoms with van der Waals surface area (Å²) < 4.78 is 15.5. The van der Waals surface area contributed by atoms with E-state index in [2.05, 4.69) is 15.3 Å². The third-order valence-corrected chi connectivity index (χ3v) is 6.09. The predicted molar refractivity (Wildman–Crippen MR) is 103 cm³/mol. The van der Waals surface area contributed by atoms with Gasteiger partial charge in [-0.25, -0.2) is 9.07 Å². The van der Waals surface area contributed by atoms with Crippen molar-refractivity contribution in [2.45, 2.75) is 45.1 Å². The topological polar surface area (TPSA) is 50.2 Å². The van der Waals surface area contributed by atoms with Crippen LogP contribution in [0.15, 0.2) is 30.5 Å². The van der Waals surface area contributed by atoms with Crippen LogP contribution < -0.4 is 5.32 Å². The number of carbonyl (C=O) groups excluding carboxylic acids is 1. The van der Waals surface area contributed by atoms with E-state index in [9.17, 15) is 9.18 Å². The van der Waals surface area contributed by atoms with Gasteiger partial charge in [-0.1, -0.05) is 18.6 Å². The van der Waals surface area contributed by atoms with Crippen molar-refractivity contribution in [3.63, 3.8) is 0 Å². The van der Waals surface area contributed by atoms with Crippen molar-refractivity contribution in [3.8, 4) is 5.69 Å². The molecule has 6 heteroatoms. The summed E-state index contributed by atoms with van der Waals surface area (Å²) in [7, 11) is 0. The van der Waals surface area contributed by atoms with E-state index < -0.39 is 0 Å². The number of para-hydroxylation sites is 1. The molecule has 0 bridgehead atoms. The van der Waals surface area contributed by atoms with Gasteiger partial charge in [-0.2, -0.15) is 5.10 Å². The number of rotatable bonds is 4. The van der Waals surface area contributed by atoms with Gasteiger partial charge in [-0.05, 0) is 63.7 Å². The van der Waals surface area contributed by atoms with Gasteiger partial charge in [0.15, 0.2) is 0 Å². The molecule has 1 aromatic heterocycles. The second-order valence-corrected chi connectivity index (χ2v) is 7.72. The first-order valence-corrected chi connectivity index (χ1v) is 9.97. The molecule has 1 amide bonds. The van der Waals surface area contributed by atoms with Crippen LogP contribution in [0.4, 0.5) is 4.39 Å². The van der Waals surface area contributed by atoms with Crippen molar-refractivity contribution in [1.82, 2.24) is 20.0 Å². The van der Waals surface area contributed by atoms with Crippen LogP contribution in [0, 0.1) is 18.7 Å². The molecule has 2 saturated heterocycles. The summed E-state index contributed by atoms with van der Waals surface area (Å²) in [6.07, 6.45) is 7.75. The van der Waals surface area contributed by atoms with Crippen molar-refractivity contribution >= 4 is 5.91 Å². The summed E-state index contributed by atoms with van der Waals surface area (Å²) in [5.74, 6) is 0.0446. The zero-order valence-electron chi connectivity index (χ0n) is 15.8. The number of fused-ring (bicyclic) bond motifs is 1. The minimum atomic E-state index is -0.352. The maximum atomic E-state index is 14.0. The van der Waals surface area contributed by atoms with Gasteiger partial charge >= 0.3 is 0 Å². The largest absolute Gasteiger partial charge is 0.352 e. The Morgan fingerprint density at radius 1 is 1.22 bits per heavy atom. The molecule has 0 saturated carbocycles. The van der Waals surface area contributed by atoms with Crippen molar-refractivity contribution in [2.75, 3.05) is 19.6 Å². The number of amides is 1. The molecule has 1 aromatic carbocycles. The number of nitrogens with one attached hydrogen (secondary N) is 1. The first-order valence-electron chi connectivity index (χ1n) is 9.97. The Balaban J connectivity index is 1.44. The normalized spacial score (nSPS) is 23.0. The van der Waals surface area contributed by atoms with Gasteiger partial charge in [-0.3, -0.25) is 4.79 Å². The number of piperidine rings is 2. The molecule has 2 atom stereocenters. The van der Waals surface area contributed by atoms with E-state index in [1.54, 1.807) is 25.1 Å². The van der Waals surface area contributed by atoms with E-state index >= 15 is 0 Å². The van der Waals surface area contributed by atoms with Gasteiger partial charge in [0, 0.05) is 12.6 Å². The lowest BCUT2D eigenvalue weighted by Gasteiger charge is -2.44. The van der Waals surface area contributed by atoms with Crippen molar-refractivity contribution in [3.05, 3.63) is 47.5 Å². The van der Waals surface area contributed by atoms with Gasteiger partial charge in [0.2, 0.25) is 0 Å². The van der Waals surface area contributed by atoms with Crippen LogP contribution in [0.25, 0.3) is 5.69 Å². The zero-order valence-corrected chi connectivity index (χ0v) is 15.8. The first kappa shape index (κ1) is 18.2. The Hall–Kier alpha value is -2.21. The molecular formula is C21H27FN4O. The van der Waals surface area contributed by atoms with E-state index in [0.717, 1.165) is 0 Å². The fourth-order valence-electron chi connectivity index (χ4n) is 4.63. The van der Waals surface area contributed by atoms with Crippen LogP contribution in [0.5, 0.6) is 0 Å². The van der Waals surface area contributed by atoms with Crippen LogP contribution >= 0.6 is 0 Å². The average Bonchev–Trinajstić information content (AvgIpc) is 3.08. The van der Waals surface area contributed by atoms with E-state index in [0.29, 0.717) is 35.4 Å². The van der Waals surface area contributed by atoms with Gasteiger partial charge in [-0.15, -0.1) is 0 Å². The highest BCUT2D eigenvalue weighted by atomic mass is 19.1. The molecule has 2 fully saturated rings. The molecule has 0 spiro atoms. The molecule has 0 aliphatic carbocycles. The number of nitrogens with zero attached hydrogens (tertiary/aromatic N) is 3. The number of benzene rings is 1. The molecule has 2 aliphatic heterocycles. The molecule has 27 heavy (non-hydrogen) atoms. The smallest absolute Gasteiger partial charge is 0.254 e. The summed E-state index contributed by atoms with van der Waals surface area (Å²) >= 11 is 0. The number of hydrogen-bond acceptors (Lipinski definition) is 3. The molecule has 4 rings (SSSR count). The highest BCUT2D eigenvalue weighted by molar-refractivity contribution is 5.95. The van der Waals surface area contributed by atoms with Crippen molar-refractivity contribution in [2.24, 2.45) is 5.92 Å². The molecule has 1 N–H and O–H groups in total. The molecule has 144 valence electrons. The third-order valence-electron chi connectivity index (χ3n) is 6.09. The lowest BCUT2D eigenvalue weighted by molar-refractivity contribution is 0.0575. The average molecular weight is 370 g/mol. The second-order valence-electron chi connectivity index (χ2n) is 7.72. The van der Waals surface area contributed by atoms with Crippen molar-refractivity contribution in [1.29, 1.82) is 0 Å². The van der Waals surface area contributed by atoms with Crippen LogP contribution in [-0.4, -0.2) is 46.3 Å². The minimum Gasteiger partial charge on any atom is -0.352 e. The van der Waals surface area contributed by atoms with E-state index in [1.807, 2.05) is 0 Å². The molecular weight excluding hydrogens is 343 g/mol. The number of hydrogen-bond donors (Lipinski definition) is 1. The van der Waals surface area contributed by atoms with Gasteiger partial charge < -0.3 is 10.2 Å². The standard InChI is InChI=1S/C21H27FN4O/c1-15-17(14-24-26(15)20-10-3-2-8-18(20)22)21(27)23-13-16-7-6-12-25-11-5-4-9-19(16)25/h2-3,8,10,14,16,19H,4-7,9,11-13H2,1H3,(H,23,27)/t16-,19-/m1/s1. The lowest BCUT2D eigenvalue weighted by Crippen LogP contribution is -2.51. The van der Waals surface area contributed by atoms with Gasteiger partial charge in [0.1, 0.15) is 11.5 Å². The summed E-state index contributed by atoms with van der Waals surface area (Å²) in [5, 5.41) is 7.35. The minimum absolute atomic E-state index is 0.122. The van der Waals surface area contributed by atoms with Gasteiger partial charge in [0.25, 0.3) is 5.91 Å². The Bertz CT molecular complexity index is 816. The highest BCUT2D eigenvalue weighted by Gasteiger charge is 2.33. The molecule has 2 aromatic rings. The monoisotopic (exact) mass is 370 g/mol. The Labute approximate surface area is 159 Å². The van der Waals surface area contributed by atoms with Crippen molar-refractivity contribution < 1.29 is 9.18 Å². The highest BCUT2D eigenvalue weighted by Crippen LogP contribution is 2.30. The summed E-state index contributed by atoms with van der Waals surface area (Å²) in [6.45, 7) is 4.90. The maximum absolute atomic E-state index is 14.0. The van der Waals surface area contributed by atoms with Crippen LogP contribution in [0.2, 0.25) is 0 Å². The zero-order chi connectivity index (χ0) is 18.8. The van der Waals surface area contributed by atoms with E-state index in [1.165, 1.54) is 62.1 Å².